The molecule has 0 bridgehead atoms. The summed E-state index contributed by atoms with van der Waals surface area (Å²) < 4.78 is 0. The first-order chi connectivity index (χ1) is 9.35. The van der Waals surface area contributed by atoms with Gasteiger partial charge in [-0.1, -0.05) is 30.3 Å². The molecule has 2 N–H and O–H groups in total. The topological polar surface area (TPSA) is 39.7 Å². The quantitative estimate of drug-likeness (QED) is 0.638. The van der Waals surface area contributed by atoms with Crippen LogP contribution in [0.4, 0.5) is 0 Å². The first kappa shape index (κ1) is 13.9. The molecular formula is C15H24N4. The molecule has 1 aromatic rings. The summed E-state index contributed by atoms with van der Waals surface area (Å²) in [5, 5.41) is 6.46. The van der Waals surface area contributed by atoms with E-state index in [1.165, 1.54) is 31.5 Å². The molecule has 0 amide bonds. The van der Waals surface area contributed by atoms with Gasteiger partial charge in [0.2, 0.25) is 0 Å². The van der Waals surface area contributed by atoms with Gasteiger partial charge in [0, 0.05) is 20.6 Å². The highest BCUT2D eigenvalue weighted by Crippen LogP contribution is 2.24. The van der Waals surface area contributed by atoms with Crippen LogP contribution in [0.3, 0.4) is 0 Å². The molecule has 2 rings (SSSR count). The largest absolute Gasteiger partial charge is 0.359 e. The minimum atomic E-state index is 0.425. The van der Waals surface area contributed by atoms with Gasteiger partial charge in [0.25, 0.3) is 0 Å². The molecule has 0 spiro atoms. The fraction of sp³-hybridized carbons (Fsp3) is 0.533. The van der Waals surface area contributed by atoms with Crippen molar-refractivity contribution in [2.45, 2.75) is 18.9 Å². The van der Waals surface area contributed by atoms with Crippen LogP contribution in [0.25, 0.3) is 0 Å². The van der Waals surface area contributed by atoms with E-state index in [1.807, 2.05) is 7.05 Å². The second-order valence-corrected chi connectivity index (χ2v) is 4.87. The molecule has 1 unspecified atom stereocenters. The molecule has 1 aromatic carbocycles. The standard InChI is InChI=1S/C15H24N4/c1-16-15(17-2)18-12-14(19-10-6-7-11-19)13-8-4-3-5-9-13/h3-5,8-9,14H,6-7,10-12H2,1-2H3,(H2,16,17,18). The predicted molar refractivity (Wildman–Crippen MR) is 80.4 cm³/mol. The van der Waals surface area contributed by atoms with Crippen molar-refractivity contribution < 1.29 is 0 Å². The maximum atomic E-state index is 4.17. The Kier molecular flexibility index (Phi) is 5.21. The Balaban J connectivity index is 2.06. The smallest absolute Gasteiger partial charge is 0.190 e. The summed E-state index contributed by atoms with van der Waals surface area (Å²) in [4.78, 5) is 6.74. The maximum Gasteiger partial charge on any atom is 0.190 e. The summed E-state index contributed by atoms with van der Waals surface area (Å²) in [6.45, 7) is 3.27. The van der Waals surface area contributed by atoms with Crippen LogP contribution >= 0.6 is 0 Å². The minimum absolute atomic E-state index is 0.425. The van der Waals surface area contributed by atoms with Gasteiger partial charge in [0.1, 0.15) is 0 Å². The number of hydrogen-bond acceptors (Lipinski definition) is 2. The normalized spacial score (nSPS) is 18.3. The highest BCUT2D eigenvalue weighted by molar-refractivity contribution is 5.79. The number of rotatable bonds is 4. The van der Waals surface area contributed by atoms with Gasteiger partial charge in [0.05, 0.1) is 6.04 Å². The van der Waals surface area contributed by atoms with Crippen molar-refractivity contribution in [1.29, 1.82) is 0 Å². The molecule has 1 aliphatic rings. The van der Waals surface area contributed by atoms with Crippen molar-refractivity contribution in [3.63, 3.8) is 0 Å². The van der Waals surface area contributed by atoms with E-state index in [0.717, 1.165) is 12.5 Å². The average Bonchev–Trinajstić information content (AvgIpc) is 2.99. The van der Waals surface area contributed by atoms with E-state index >= 15 is 0 Å². The molecule has 1 aliphatic heterocycles. The lowest BCUT2D eigenvalue weighted by atomic mass is 10.1. The average molecular weight is 260 g/mol. The first-order valence-corrected chi connectivity index (χ1v) is 7.02. The van der Waals surface area contributed by atoms with Crippen LogP contribution in [0.2, 0.25) is 0 Å². The van der Waals surface area contributed by atoms with Gasteiger partial charge in [-0.05, 0) is 31.5 Å². The third-order valence-corrected chi connectivity index (χ3v) is 3.69. The number of benzene rings is 1. The molecule has 1 atom stereocenters. The van der Waals surface area contributed by atoms with Crippen molar-refractivity contribution in [1.82, 2.24) is 15.5 Å². The van der Waals surface area contributed by atoms with Crippen molar-refractivity contribution in [2.24, 2.45) is 4.99 Å². The zero-order chi connectivity index (χ0) is 13.5. The molecule has 0 saturated carbocycles. The lowest BCUT2D eigenvalue weighted by Gasteiger charge is -2.28. The summed E-state index contributed by atoms with van der Waals surface area (Å²) in [5.74, 6) is 0.847. The lowest BCUT2D eigenvalue weighted by Crippen LogP contribution is -2.41. The van der Waals surface area contributed by atoms with Crippen LogP contribution in [-0.2, 0) is 0 Å². The van der Waals surface area contributed by atoms with Crippen molar-refractivity contribution in [3.05, 3.63) is 35.9 Å². The minimum Gasteiger partial charge on any atom is -0.359 e. The van der Waals surface area contributed by atoms with Crippen molar-refractivity contribution >= 4 is 5.96 Å². The van der Waals surface area contributed by atoms with E-state index in [9.17, 15) is 0 Å². The molecular weight excluding hydrogens is 236 g/mol. The molecule has 1 saturated heterocycles. The number of likely N-dealkylation sites (tertiary alicyclic amines) is 1. The van der Waals surface area contributed by atoms with Gasteiger partial charge in [-0.15, -0.1) is 0 Å². The van der Waals surface area contributed by atoms with E-state index in [4.69, 9.17) is 0 Å². The maximum absolute atomic E-state index is 4.17. The number of hydrogen-bond donors (Lipinski definition) is 2. The monoisotopic (exact) mass is 260 g/mol. The Hall–Kier alpha value is -1.55. The second-order valence-electron chi connectivity index (χ2n) is 4.87. The van der Waals surface area contributed by atoms with E-state index in [-0.39, 0.29) is 0 Å². The Morgan fingerprint density at radius 2 is 1.95 bits per heavy atom. The summed E-state index contributed by atoms with van der Waals surface area (Å²) >= 11 is 0. The van der Waals surface area contributed by atoms with Gasteiger partial charge in [-0.25, -0.2) is 0 Å². The lowest BCUT2D eigenvalue weighted by molar-refractivity contribution is 0.245. The van der Waals surface area contributed by atoms with Gasteiger partial charge in [-0.3, -0.25) is 9.89 Å². The third-order valence-electron chi connectivity index (χ3n) is 3.69. The summed E-state index contributed by atoms with van der Waals surface area (Å²) in [6.07, 6.45) is 2.62. The summed E-state index contributed by atoms with van der Waals surface area (Å²) in [7, 11) is 3.69. The van der Waals surface area contributed by atoms with E-state index in [0.29, 0.717) is 6.04 Å². The highest BCUT2D eigenvalue weighted by Gasteiger charge is 2.23. The molecule has 0 aromatic heterocycles. The van der Waals surface area contributed by atoms with Gasteiger partial charge < -0.3 is 10.6 Å². The number of guanidine groups is 1. The van der Waals surface area contributed by atoms with Crippen LogP contribution in [0, 0.1) is 0 Å². The molecule has 4 heteroatoms. The molecule has 0 aliphatic carbocycles. The SMILES string of the molecule is CN=C(NC)NCC(c1ccccc1)N1CCCC1. The third kappa shape index (κ3) is 3.70. The molecule has 4 nitrogen and oxygen atoms in total. The highest BCUT2D eigenvalue weighted by atomic mass is 15.2. The zero-order valence-electron chi connectivity index (χ0n) is 11.9. The Morgan fingerprint density at radius 3 is 2.53 bits per heavy atom. The molecule has 1 heterocycles. The summed E-state index contributed by atoms with van der Waals surface area (Å²) in [6, 6.07) is 11.2. The number of aliphatic imine (C=N–C) groups is 1. The summed E-state index contributed by atoms with van der Waals surface area (Å²) in [5.41, 5.74) is 1.38. The van der Waals surface area contributed by atoms with Gasteiger partial charge in [0.15, 0.2) is 5.96 Å². The van der Waals surface area contributed by atoms with Crippen LogP contribution in [0.5, 0.6) is 0 Å². The molecule has 0 radical (unpaired) electrons. The molecule has 104 valence electrons. The number of nitrogens with one attached hydrogen (secondary N) is 2. The Bertz CT molecular complexity index is 396. The second kappa shape index (κ2) is 7.14. The Morgan fingerprint density at radius 1 is 1.26 bits per heavy atom. The van der Waals surface area contributed by atoms with E-state index < -0.39 is 0 Å². The van der Waals surface area contributed by atoms with Crippen LogP contribution < -0.4 is 10.6 Å². The zero-order valence-corrected chi connectivity index (χ0v) is 11.9. The van der Waals surface area contributed by atoms with Gasteiger partial charge >= 0.3 is 0 Å². The first-order valence-electron chi connectivity index (χ1n) is 7.02. The fourth-order valence-corrected chi connectivity index (χ4v) is 2.66. The van der Waals surface area contributed by atoms with Crippen molar-refractivity contribution in [3.8, 4) is 0 Å². The van der Waals surface area contributed by atoms with Crippen molar-refractivity contribution in [2.75, 3.05) is 33.7 Å². The van der Waals surface area contributed by atoms with E-state index in [2.05, 4.69) is 50.9 Å². The molecule has 1 fully saturated rings. The predicted octanol–water partition coefficient (Wildman–Crippen LogP) is 1.62. The fourth-order valence-electron chi connectivity index (χ4n) is 2.66. The Labute approximate surface area is 115 Å². The van der Waals surface area contributed by atoms with Crippen LogP contribution in [0.1, 0.15) is 24.4 Å². The molecule has 19 heavy (non-hydrogen) atoms. The van der Waals surface area contributed by atoms with Crippen LogP contribution in [-0.4, -0.2) is 44.6 Å². The number of nitrogens with zero attached hydrogens (tertiary/aromatic N) is 2. The van der Waals surface area contributed by atoms with E-state index in [1.54, 1.807) is 7.05 Å². The van der Waals surface area contributed by atoms with Crippen LogP contribution in [0.15, 0.2) is 35.3 Å². The van der Waals surface area contributed by atoms with Gasteiger partial charge in [-0.2, -0.15) is 0 Å².